The third kappa shape index (κ3) is 3.33. The molecule has 0 bridgehead atoms. The molecule has 0 atom stereocenters. The number of carbonyl (C=O) groups excluding carboxylic acids is 1. The highest BCUT2D eigenvalue weighted by Gasteiger charge is 2.37. The van der Waals surface area contributed by atoms with E-state index in [1.807, 2.05) is 38.2 Å². The van der Waals surface area contributed by atoms with Crippen molar-refractivity contribution in [1.29, 1.82) is 0 Å². The summed E-state index contributed by atoms with van der Waals surface area (Å²) < 4.78 is 7.04. The first kappa shape index (κ1) is 16.6. The zero-order chi connectivity index (χ0) is 17.2. The lowest BCUT2D eigenvalue weighted by molar-refractivity contribution is 0.0180. The number of aromatic nitrogens is 3. The maximum absolute atomic E-state index is 12.5. The average molecular weight is 328 g/mol. The molecule has 1 N–H and O–H groups in total. The van der Waals surface area contributed by atoms with Crippen LogP contribution in [0.5, 0.6) is 0 Å². The van der Waals surface area contributed by atoms with Crippen LogP contribution in [-0.4, -0.2) is 40.9 Å². The van der Waals surface area contributed by atoms with E-state index in [-0.39, 0.29) is 11.3 Å². The molecule has 1 aliphatic carbocycles. The molecule has 0 aliphatic heterocycles. The van der Waals surface area contributed by atoms with E-state index in [0.29, 0.717) is 24.5 Å². The van der Waals surface area contributed by atoms with Crippen molar-refractivity contribution in [3.8, 4) is 11.4 Å². The highest BCUT2D eigenvalue weighted by molar-refractivity contribution is 5.95. The Balaban J connectivity index is 1.70. The smallest absolute Gasteiger partial charge is 0.251 e. The Morgan fingerprint density at radius 2 is 2.21 bits per heavy atom. The number of benzene rings is 1. The summed E-state index contributed by atoms with van der Waals surface area (Å²) in [6.07, 6.45) is 3.43. The van der Waals surface area contributed by atoms with Crippen molar-refractivity contribution in [2.75, 3.05) is 20.3 Å². The third-order valence-electron chi connectivity index (χ3n) is 4.85. The highest BCUT2D eigenvalue weighted by atomic mass is 16.5. The number of aryl methyl sites for hydroxylation is 2. The minimum Gasteiger partial charge on any atom is -0.384 e. The van der Waals surface area contributed by atoms with Crippen LogP contribution in [0.2, 0.25) is 0 Å². The third-order valence-corrected chi connectivity index (χ3v) is 4.85. The Labute approximate surface area is 142 Å². The molecule has 1 saturated carbocycles. The van der Waals surface area contributed by atoms with Gasteiger partial charge in [0.1, 0.15) is 5.82 Å². The molecule has 24 heavy (non-hydrogen) atoms. The second kappa shape index (κ2) is 6.73. The van der Waals surface area contributed by atoms with E-state index in [1.54, 1.807) is 11.8 Å². The summed E-state index contributed by atoms with van der Waals surface area (Å²) in [6.45, 7) is 3.26. The second-order valence-corrected chi connectivity index (χ2v) is 6.66. The van der Waals surface area contributed by atoms with Crippen molar-refractivity contribution >= 4 is 5.91 Å². The molecule has 0 spiro atoms. The maximum atomic E-state index is 12.5. The van der Waals surface area contributed by atoms with Gasteiger partial charge in [-0.15, -0.1) is 0 Å². The molecule has 0 saturated heterocycles. The minimum absolute atomic E-state index is 0.0631. The lowest BCUT2D eigenvalue weighted by atomic mass is 9.69. The first-order chi connectivity index (χ1) is 11.5. The van der Waals surface area contributed by atoms with Crippen LogP contribution in [0.25, 0.3) is 11.4 Å². The van der Waals surface area contributed by atoms with Crippen LogP contribution in [0.3, 0.4) is 0 Å². The molecule has 1 aliphatic rings. The number of nitrogens with zero attached hydrogens (tertiary/aromatic N) is 3. The van der Waals surface area contributed by atoms with Gasteiger partial charge in [0.05, 0.1) is 6.61 Å². The fraction of sp³-hybridized carbons (Fsp3) is 0.500. The van der Waals surface area contributed by atoms with E-state index < -0.39 is 0 Å². The van der Waals surface area contributed by atoms with Crippen molar-refractivity contribution in [1.82, 2.24) is 20.1 Å². The summed E-state index contributed by atoms with van der Waals surface area (Å²) in [6, 6.07) is 7.44. The van der Waals surface area contributed by atoms with E-state index >= 15 is 0 Å². The van der Waals surface area contributed by atoms with Crippen LogP contribution in [0, 0.1) is 12.3 Å². The molecule has 0 radical (unpaired) electrons. The lowest BCUT2D eigenvalue weighted by Crippen LogP contribution is -2.45. The first-order valence-corrected chi connectivity index (χ1v) is 8.28. The van der Waals surface area contributed by atoms with Gasteiger partial charge in [0.2, 0.25) is 0 Å². The van der Waals surface area contributed by atoms with Crippen molar-refractivity contribution in [2.24, 2.45) is 12.5 Å². The number of carbonyl (C=O) groups is 1. The van der Waals surface area contributed by atoms with Crippen molar-refractivity contribution in [3.05, 3.63) is 35.7 Å². The summed E-state index contributed by atoms with van der Waals surface area (Å²) in [7, 11) is 3.57. The van der Waals surface area contributed by atoms with Crippen LogP contribution in [0.1, 0.15) is 35.4 Å². The van der Waals surface area contributed by atoms with Crippen LogP contribution in [0.15, 0.2) is 24.3 Å². The minimum atomic E-state index is -0.0631. The number of nitrogens with one attached hydrogen (secondary N) is 1. The molecule has 3 rings (SSSR count). The predicted molar refractivity (Wildman–Crippen MR) is 91.7 cm³/mol. The summed E-state index contributed by atoms with van der Waals surface area (Å²) in [4.78, 5) is 16.9. The summed E-state index contributed by atoms with van der Waals surface area (Å²) in [5.74, 6) is 1.41. The van der Waals surface area contributed by atoms with Crippen molar-refractivity contribution < 1.29 is 9.53 Å². The van der Waals surface area contributed by atoms with Gasteiger partial charge in [-0.05, 0) is 31.9 Å². The molecule has 6 nitrogen and oxygen atoms in total. The topological polar surface area (TPSA) is 69.0 Å². The molecule has 2 aromatic rings. The Hall–Kier alpha value is -2.21. The molecular weight excluding hydrogens is 304 g/mol. The number of hydrogen-bond donors (Lipinski definition) is 1. The van der Waals surface area contributed by atoms with E-state index in [0.717, 1.165) is 24.2 Å². The van der Waals surface area contributed by atoms with Crippen LogP contribution >= 0.6 is 0 Å². The number of methoxy groups -OCH3 is 1. The molecule has 1 amide bonds. The fourth-order valence-electron chi connectivity index (χ4n) is 3.11. The monoisotopic (exact) mass is 328 g/mol. The number of ether oxygens (including phenoxy) is 1. The lowest BCUT2D eigenvalue weighted by Gasteiger charge is -2.41. The molecule has 0 unspecified atom stereocenters. The van der Waals surface area contributed by atoms with Crippen LogP contribution < -0.4 is 5.32 Å². The van der Waals surface area contributed by atoms with Gasteiger partial charge in [-0.1, -0.05) is 18.6 Å². The number of hydrogen-bond acceptors (Lipinski definition) is 4. The van der Waals surface area contributed by atoms with Gasteiger partial charge >= 0.3 is 0 Å². The Morgan fingerprint density at radius 1 is 1.42 bits per heavy atom. The second-order valence-electron chi connectivity index (χ2n) is 6.66. The predicted octanol–water partition coefficient (Wildman–Crippen LogP) is 2.34. The van der Waals surface area contributed by atoms with Gasteiger partial charge in [-0.3, -0.25) is 9.48 Å². The Kier molecular flexibility index (Phi) is 4.66. The normalized spacial score (nSPS) is 15.8. The fourth-order valence-corrected chi connectivity index (χ4v) is 3.11. The number of amides is 1. The van der Waals surface area contributed by atoms with Crippen molar-refractivity contribution in [2.45, 2.75) is 26.2 Å². The van der Waals surface area contributed by atoms with Crippen LogP contribution in [-0.2, 0) is 11.8 Å². The summed E-state index contributed by atoms with van der Waals surface area (Å²) >= 11 is 0. The molecule has 1 aromatic heterocycles. The van der Waals surface area contributed by atoms with E-state index in [9.17, 15) is 4.79 Å². The maximum Gasteiger partial charge on any atom is 0.251 e. The van der Waals surface area contributed by atoms with Gasteiger partial charge in [0.25, 0.3) is 5.91 Å². The van der Waals surface area contributed by atoms with Crippen LogP contribution in [0.4, 0.5) is 0 Å². The summed E-state index contributed by atoms with van der Waals surface area (Å²) in [5, 5.41) is 7.43. The first-order valence-electron chi connectivity index (χ1n) is 8.28. The van der Waals surface area contributed by atoms with E-state index in [4.69, 9.17) is 4.74 Å². The summed E-state index contributed by atoms with van der Waals surface area (Å²) in [5.41, 5.74) is 1.59. The SMILES string of the molecule is COCC1(CNC(=O)c2cccc(-c3nc(C)n(C)n3)c2)CCC1. The largest absolute Gasteiger partial charge is 0.384 e. The van der Waals surface area contributed by atoms with Gasteiger partial charge in [-0.25, -0.2) is 4.98 Å². The molecule has 6 heteroatoms. The standard InChI is InChI=1S/C18H24N4O2/c1-13-20-16(21-22(13)2)14-6-4-7-15(10-14)17(23)19-11-18(12-24-3)8-5-9-18/h4,6-7,10H,5,8-9,11-12H2,1-3H3,(H,19,23). The average Bonchev–Trinajstić information content (AvgIpc) is 2.89. The van der Waals surface area contributed by atoms with Gasteiger partial charge in [-0.2, -0.15) is 5.10 Å². The Morgan fingerprint density at radius 3 is 2.79 bits per heavy atom. The van der Waals surface area contributed by atoms with Gasteiger partial charge in [0.15, 0.2) is 5.82 Å². The van der Waals surface area contributed by atoms with E-state index in [2.05, 4.69) is 15.4 Å². The van der Waals surface area contributed by atoms with E-state index in [1.165, 1.54) is 6.42 Å². The Bertz CT molecular complexity index is 715. The molecule has 1 aromatic carbocycles. The zero-order valence-electron chi connectivity index (χ0n) is 14.5. The zero-order valence-corrected chi connectivity index (χ0v) is 14.5. The highest BCUT2D eigenvalue weighted by Crippen LogP contribution is 2.40. The quantitative estimate of drug-likeness (QED) is 0.884. The number of rotatable bonds is 6. The van der Waals surface area contributed by atoms with Crippen molar-refractivity contribution in [3.63, 3.8) is 0 Å². The molecule has 1 fully saturated rings. The molecular formula is C18H24N4O2. The van der Waals surface area contributed by atoms with Gasteiger partial charge < -0.3 is 10.1 Å². The molecule has 128 valence electrons. The van der Waals surface area contributed by atoms with Gasteiger partial charge in [0, 0.05) is 37.2 Å². The molecule has 1 heterocycles.